The van der Waals surface area contributed by atoms with Gasteiger partial charge < -0.3 is 10.0 Å². The molecule has 1 N–H and O–H groups in total. The summed E-state index contributed by atoms with van der Waals surface area (Å²) in [7, 11) is 2.07. The van der Waals surface area contributed by atoms with E-state index in [1.165, 1.54) is 17.7 Å². The fraction of sp³-hybridized carbons (Fsp3) is 0.615. The van der Waals surface area contributed by atoms with Crippen molar-refractivity contribution in [1.82, 2.24) is 4.98 Å². The molecule has 1 heterocycles. The molecule has 0 radical (unpaired) electrons. The van der Waals surface area contributed by atoms with Gasteiger partial charge in [0, 0.05) is 25.1 Å². The molecular weight excluding hydrogens is 200 g/mol. The van der Waals surface area contributed by atoms with Crippen LogP contribution >= 0.6 is 0 Å². The van der Waals surface area contributed by atoms with Crippen molar-refractivity contribution < 1.29 is 5.11 Å². The normalized spacial score (nSPS) is 25.4. The molecule has 1 fully saturated rings. The van der Waals surface area contributed by atoms with Crippen LogP contribution in [0.2, 0.25) is 0 Å². The molecule has 3 heteroatoms. The lowest BCUT2D eigenvalue weighted by Crippen LogP contribution is -2.43. The molecule has 3 nitrogen and oxygen atoms in total. The second-order valence-electron chi connectivity index (χ2n) is 4.69. The fourth-order valence-corrected chi connectivity index (χ4v) is 2.58. The predicted molar refractivity (Wildman–Crippen MR) is 65.6 cm³/mol. The first-order chi connectivity index (χ1) is 7.70. The molecule has 88 valence electrons. The van der Waals surface area contributed by atoms with E-state index in [9.17, 15) is 5.11 Å². The first-order valence-electron chi connectivity index (χ1n) is 6.01. The molecule has 2 atom stereocenters. The van der Waals surface area contributed by atoms with Gasteiger partial charge in [-0.15, -0.1) is 0 Å². The third-order valence-corrected chi connectivity index (χ3v) is 3.56. The fourth-order valence-electron chi connectivity index (χ4n) is 2.58. The third-order valence-electron chi connectivity index (χ3n) is 3.56. The van der Waals surface area contributed by atoms with E-state index in [4.69, 9.17) is 0 Å². The Kier molecular flexibility index (Phi) is 3.44. The first kappa shape index (κ1) is 11.4. The summed E-state index contributed by atoms with van der Waals surface area (Å²) in [5.41, 5.74) is 2.35. The van der Waals surface area contributed by atoms with Crippen molar-refractivity contribution in [2.75, 3.05) is 11.9 Å². The van der Waals surface area contributed by atoms with Crippen LogP contribution in [0, 0.1) is 6.92 Å². The van der Waals surface area contributed by atoms with E-state index in [0.29, 0.717) is 0 Å². The zero-order valence-corrected chi connectivity index (χ0v) is 10.1. The highest BCUT2D eigenvalue weighted by Crippen LogP contribution is 2.27. The Morgan fingerprint density at radius 3 is 2.81 bits per heavy atom. The average molecular weight is 220 g/mol. The minimum atomic E-state index is -0.189. The zero-order chi connectivity index (χ0) is 11.5. The number of aromatic nitrogens is 1. The van der Waals surface area contributed by atoms with Crippen LogP contribution in [0.1, 0.15) is 31.2 Å². The van der Waals surface area contributed by atoms with Gasteiger partial charge in [-0.05, 0) is 31.4 Å². The maximum Gasteiger partial charge on any atom is 0.0743 e. The molecule has 0 aliphatic heterocycles. The van der Waals surface area contributed by atoms with Crippen LogP contribution in [-0.4, -0.2) is 29.3 Å². The van der Waals surface area contributed by atoms with E-state index >= 15 is 0 Å². The number of aliphatic hydroxyl groups excluding tert-OH is 1. The van der Waals surface area contributed by atoms with Crippen molar-refractivity contribution in [2.45, 2.75) is 44.8 Å². The number of anilines is 1. The highest BCUT2D eigenvalue weighted by atomic mass is 16.3. The van der Waals surface area contributed by atoms with Crippen LogP contribution in [-0.2, 0) is 0 Å². The molecule has 0 bridgehead atoms. The third kappa shape index (κ3) is 2.19. The number of nitrogens with zero attached hydrogens (tertiary/aromatic N) is 2. The van der Waals surface area contributed by atoms with Crippen LogP contribution in [0.3, 0.4) is 0 Å². The summed E-state index contributed by atoms with van der Waals surface area (Å²) in [6.45, 7) is 2.06. The number of hydrogen-bond donors (Lipinski definition) is 1. The largest absolute Gasteiger partial charge is 0.391 e. The van der Waals surface area contributed by atoms with Gasteiger partial charge in [-0.25, -0.2) is 0 Å². The van der Waals surface area contributed by atoms with Crippen LogP contribution in [0.5, 0.6) is 0 Å². The molecule has 1 aromatic rings. The first-order valence-corrected chi connectivity index (χ1v) is 6.01. The number of likely N-dealkylation sites (N-methyl/N-ethyl adjacent to an activating group) is 1. The Labute approximate surface area is 97.1 Å². The van der Waals surface area contributed by atoms with Gasteiger partial charge >= 0.3 is 0 Å². The quantitative estimate of drug-likeness (QED) is 0.829. The molecule has 0 spiro atoms. The predicted octanol–water partition coefficient (Wildman–Crippen LogP) is 2.13. The monoisotopic (exact) mass is 220 g/mol. The summed E-state index contributed by atoms with van der Waals surface area (Å²) >= 11 is 0. The van der Waals surface area contributed by atoms with E-state index in [-0.39, 0.29) is 12.1 Å². The Balaban J connectivity index is 2.17. The summed E-state index contributed by atoms with van der Waals surface area (Å²) < 4.78 is 0. The maximum absolute atomic E-state index is 10.0. The van der Waals surface area contributed by atoms with Gasteiger partial charge in [-0.3, -0.25) is 4.98 Å². The standard InChI is InChI=1S/C13H20N2O/c1-10-9-14-8-7-11(10)15(2)12-5-3-4-6-13(12)16/h7-9,12-13,16H,3-6H2,1-2H3. The molecule has 0 amide bonds. The van der Waals surface area contributed by atoms with E-state index in [1.807, 2.05) is 18.5 Å². The molecule has 1 aliphatic carbocycles. The Morgan fingerprint density at radius 2 is 2.12 bits per heavy atom. The Bertz CT molecular complexity index is 354. The molecule has 0 aromatic carbocycles. The molecule has 2 unspecified atom stereocenters. The second kappa shape index (κ2) is 4.83. The lowest BCUT2D eigenvalue weighted by molar-refractivity contribution is 0.106. The molecule has 2 rings (SSSR count). The topological polar surface area (TPSA) is 36.4 Å². The van der Waals surface area contributed by atoms with Gasteiger partial charge in [-0.2, -0.15) is 0 Å². The van der Waals surface area contributed by atoms with Crippen molar-refractivity contribution in [3.8, 4) is 0 Å². The molecule has 16 heavy (non-hydrogen) atoms. The summed E-state index contributed by atoms with van der Waals surface area (Å²) in [5.74, 6) is 0. The smallest absolute Gasteiger partial charge is 0.0743 e. The average Bonchev–Trinajstić information content (AvgIpc) is 2.29. The molecule has 0 saturated heterocycles. The van der Waals surface area contributed by atoms with Crippen LogP contribution in [0.4, 0.5) is 5.69 Å². The Morgan fingerprint density at radius 1 is 1.38 bits per heavy atom. The van der Waals surface area contributed by atoms with Crippen LogP contribution in [0.25, 0.3) is 0 Å². The number of pyridine rings is 1. The van der Waals surface area contributed by atoms with Crippen molar-refractivity contribution in [3.05, 3.63) is 24.0 Å². The lowest BCUT2D eigenvalue weighted by atomic mass is 9.91. The van der Waals surface area contributed by atoms with Crippen molar-refractivity contribution in [1.29, 1.82) is 0 Å². The Hall–Kier alpha value is -1.09. The second-order valence-corrected chi connectivity index (χ2v) is 4.69. The van der Waals surface area contributed by atoms with Gasteiger partial charge in [0.25, 0.3) is 0 Å². The van der Waals surface area contributed by atoms with E-state index in [0.717, 1.165) is 19.3 Å². The van der Waals surface area contributed by atoms with E-state index in [1.54, 1.807) is 0 Å². The lowest BCUT2D eigenvalue weighted by Gasteiger charge is -2.37. The van der Waals surface area contributed by atoms with Crippen molar-refractivity contribution in [3.63, 3.8) is 0 Å². The van der Waals surface area contributed by atoms with Crippen LogP contribution in [0.15, 0.2) is 18.5 Å². The van der Waals surface area contributed by atoms with Gasteiger partial charge in [0.05, 0.1) is 12.1 Å². The highest BCUT2D eigenvalue weighted by molar-refractivity contribution is 5.51. The number of rotatable bonds is 2. The number of hydrogen-bond acceptors (Lipinski definition) is 3. The molecule has 1 aliphatic rings. The van der Waals surface area contributed by atoms with Crippen LogP contribution < -0.4 is 4.90 Å². The summed E-state index contributed by atoms with van der Waals surface area (Å²) in [5, 5.41) is 10.0. The SMILES string of the molecule is Cc1cnccc1N(C)C1CCCCC1O. The van der Waals surface area contributed by atoms with E-state index in [2.05, 4.69) is 23.9 Å². The maximum atomic E-state index is 10.0. The zero-order valence-electron chi connectivity index (χ0n) is 10.1. The van der Waals surface area contributed by atoms with Gasteiger partial charge in [0.1, 0.15) is 0 Å². The summed E-state index contributed by atoms with van der Waals surface area (Å²) in [6, 6.07) is 2.28. The van der Waals surface area contributed by atoms with Gasteiger partial charge in [0.2, 0.25) is 0 Å². The van der Waals surface area contributed by atoms with E-state index < -0.39 is 0 Å². The summed E-state index contributed by atoms with van der Waals surface area (Å²) in [6.07, 6.45) is 7.89. The molecule has 1 aromatic heterocycles. The minimum absolute atomic E-state index is 0.189. The minimum Gasteiger partial charge on any atom is -0.391 e. The van der Waals surface area contributed by atoms with Crippen molar-refractivity contribution >= 4 is 5.69 Å². The highest BCUT2D eigenvalue weighted by Gasteiger charge is 2.27. The molecular formula is C13H20N2O. The molecule has 1 saturated carbocycles. The van der Waals surface area contributed by atoms with Gasteiger partial charge in [0.15, 0.2) is 0 Å². The van der Waals surface area contributed by atoms with Gasteiger partial charge in [-0.1, -0.05) is 12.8 Å². The number of aliphatic hydroxyl groups is 1. The number of aryl methyl sites for hydroxylation is 1. The summed E-state index contributed by atoms with van der Waals surface area (Å²) in [4.78, 5) is 6.31. The van der Waals surface area contributed by atoms with Crippen molar-refractivity contribution in [2.24, 2.45) is 0 Å².